The summed E-state index contributed by atoms with van der Waals surface area (Å²) < 4.78 is 5.72. The molecule has 2 heterocycles. The molecule has 2 aromatic heterocycles. The Labute approximate surface area is 123 Å². The van der Waals surface area contributed by atoms with Gasteiger partial charge >= 0.3 is 5.97 Å². The number of methoxy groups -OCH3 is 1. The van der Waals surface area contributed by atoms with Crippen LogP contribution in [0.2, 0.25) is 0 Å². The van der Waals surface area contributed by atoms with Gasteiger partial charge in [0.15, 0.2) is 5.69 Å². The Morgan fingerprint density at radius 3 is 3.00 bits per heavy atom. The van der Waals surface area contributed by atoms with Crippen LogP contribution in [0, 0.1) is 0 Å². The van der Waals surface area contributed by atoms with Crippen LogP contribution in [0.1, 0.15) is 15.4 Å². The summed E-state index contributed by atoms with van der Waals surface area (Å²) in [6.07, 6.45) is 3.85. The van der Waals surface area contributed by atoms with Crippen LogP contribution in [-0.2, 0) is 11.2 Å². The summed E-state index contributed by atoms with van der Waals surface area (Å²) in [5.74, 6) is 0.0804. The van der Waals surface area contributed by atoms with E-state index in [1.165, 1.54) is 18.2 Å². The van der Waals surface area contributed by atoms with Crippen molar-refractivity contribution < 1.29 is 9.53 Å². The maximum Gasteiger partial charge on any atom is 0.358 e. The minimum atomic E-state index is -0.488. The Balaban J connectivity index is 1.90. The second-order valence-corrected chi connectivity index (χ2v) is 6.21. The zero-order valence-corrected chi connectivity index (χ0v) is 12.6. The van der Waals surface area contributed by atoms with Gasteiger partial charge in [0.05, 0.1) is 23.3 Å². The molecule has 5 nitrogen and oxygen atoms in total. The molecule has 0 spiro atoms. The molecule has 2 rings (SSSR count). The fourth-order valence-electron chi connectivity index (χ4n) is 1.45. The van der Waals surface area contributed by atoms with Crippen LogP contribution in [0.15, 0.2) is 28.3 Å². The number of hydrogen-bond donors (Lipinski definition) is 1. The lowest BCUT2D eigenvalue weighted by Gasteiger charge is -2.05. The van der Waals surface area contributed by atoms with E-state index in [2.05, 4.69) is 42.0 Å². The average molecular weight is 342 g/mol. The van der Waals surface area contributed by atoms with Crippen LogP contribution in [0.3, 0.4) is 0 Å². The van der Waals surface area contributed by atoms with Crippen molar-refractivity contribution in [3.8, 4) is 0 Å². The SMILES string of the molecule is COC(=O)c1cncc(NCCc2ccc(Br)s2)n1. The number of ether oxygens (including phenoxy) is 1. The number of hydrogen-bond acceptors (Lipinski definition) is 6. The lowest BCUT2D eigenvalue weighted by Crippen LogP contribution is -2.10. The van der Waals surface area contributed by atoms with E-state index in [9.17, 15) is 4.79 Å². The number of anilines is 1. The molecule has 0 aliphatic carbocycles. The molecule has 0 saturated heterocycles. The van der Waals surface area contributed by atoms with Gasteiger partial charge in [-0.25, -0.2) is 9.78 Å². The Morgan fingerprint density at radius 2 is 2.32 bits per heavy atom. The van der Waals surface area contributed by atoms with Gasteiger partial charge in [-0.05, 0) is 34.5 Å². The maximum absolute atomic E-state index is 11.3. The van der Waals surface area contributed by atoms with Gasteiger partial charge in [0.25, 0.3) is 0 Å². The molecule has 0 aliphatic rings. The van der Waals surface area contributed by atoms with Gasteiger partial charge in [0.1, 0.15) is 5.82 Å². The Morgan fingerprint density at radius 1 is 1.47 bits per heavy atom. The number of carbonyl (C=O) groups excluding carboxylic acids is 1. The third-order valence-electron chi connectivity index (χ3n) is 2.34. The van der Waals surface area contributed by atoms with Gasteiger partial charge in [-0.2, -0.15) is 0 Å². The number of halogens is 1. The molecule has 100 valence electrons. The Bertz CT molecular complexity index is 574. The van der Waals surface area contributed by atoms with Crippen molar-refractivity contribution in [2.24, 2.45) is 0 Å². The zero-order chi connectivity index (χ0) is 13.7. The predicted octanol–water partition coefficient (Wildman–Crippen LogP) is 2.74. The van der Waals surface area contributed by atoms with Crippen molar-refractivity contribution in [2.75, 3.05) is 19.0 Å². The van der Waals surface area contributed by atoms with Crippen LogP contribution in [0.5, 0.6) is 0 Å². The van der Waals surface area contributed by atoms with Gasteiger partial charge in [0.2, 0.25) is 0 Å². The van der Waals surface area contributed by atoms with E-state index in [-0.39, 0.29) is 5.69 Å². The van der Waals surface area contributed by atoms with E-state index in [1.54, 1.807) is 17.5 Å². The van der Waals surface area contributed by atoms with Gasteiger partial charge in [-0.15, -0.1) is 11.3 Å². The minimum absolute atomic E-state index is 0.200. The van der Waals surface area contributed by atoms with Crippen LogP contribution < -0.4 is 5.32 Å². The third-order valence-corrected chi connectivity index (χ3v) is 4.02. The van der Waals surface area contributed by atoms with E-state index >= 15 is 0 Å². The summed E-state index contributed by atoms with van der Waals surface area (Å²) in [5, 5.41) is 3.13. The van der Waals surface area contributed by atoms with Crippen molar-refractivity contribution in [1.82, 2.24) is 9.97 Å². The van der Waals surface area contributed by atoms with Crippen molar-refractivity contribution in [3.63, 3.8) is 0 Å². The molecule has 0 aliphatic heterocycles. The molecule has 0 fully saturated rings. The molecule has 7 heteroatoms. The van der Waals surface area contributed by atoms with Gasteiger partial charge < -0.3 is 10.1 Å². The van der Waals surface area contributed by atoms with Crippen molar-refractivity contribution >= 4 is 39.1 Å². The summed E-state index contributed by atoms with van der Waals surface area (Å²) >= 11 is 5.13. The number of nitrogens with zero attached hydrogens (tertiary/aromatic N) is 2. The average Bonchev–Trinajstić information content (AvgIpc) is 2.84. The lowest BCUT2D eigenvalue weighted by atomic mass is 10.3. The van der Waals surface area contributed by atoms with Crippen LogP contribution in [0.4, 0.5) is 5.82 Å². The van der Waals surface area contributed by atoms with Crippen LogP contribution in [-0.4, -0.2) is 29.6 Å². The number of carbonyl (C=O) groups is 1. The standard InChI is InChI=1S/C12H12BrN3O2S/c1-18-12(17)9-6-14-7-11(16-9)15-5-4-8-2-3-10(13)19-8/h2-3,6-7H,4-5H2,1H3,(H,15,16). The van der Waals surface area contributed by atoms with E-state index in [1.807, 2.05) is 6.07 Å². The molecule has 0 aromatic carbocycles. The highest BCUT2D eigenvalue weighted by atomic mass is 79.9. The molecule has 0 radical (unpaired) electrons. The third kappa shape index (κ3) is 4.00. The quantitative estimate of drug-likeness (QED) is 0.847. The highest BCUT2D eigenvalue weighted by molar-refractivity contribution is 9.11. The fourth-order valence-corrected chi connectivity index (χ4v) is 2.94. The monoisotopic (exact) mass is 341 g/mol. The number of rotatable bonds is 5. The molecule has 0 amide bonds. The lowest BCUT2D eigenvalue weighted by molar-refractivity contribution is 0.0593. The maximum atomic E-state index is 11.3. The first-order valence-corrected chi connectivity index (χ1v) is 7.18. The number of nitrogens with one attached hydrogen (secondary N) is 1. The highest BCUT2D eigenvalue weighted by Gasteiger charge is 2.08. The van der Waals surface area contributed by atoms with Gasteiger partial charge in [0, 0.05) is 11.4 Å². The molecule has 0 atom stereocenters. The molecule has 2 aromatic rings. The van der Waals surface area contributed by atoms with Crippen molar-refractivity contribution in [2.45, 2.75) is 6.42 Å². The fraction of sp³-hybridized carbons (Fsp3) is 0.250. The van der Waals surface area contributed by atoms with E-state index in [0.717, 1.165) is 16.8 Å². The summed E-state index contributed by atoms with van der Waals surface area (Å²) in [6, 6.07) is 4.10. The van der Waals surface area contributed by atoms with E-state index in [0.29, 0.717) is 5.82 Å². The zero-order valence-electron chi connectivity index (χ0n) is 10.2. The first-order chi connectivity index (χ1) is 9.19. The predicted molar refractivity (Wildman–Crippen MR) is 77.6 cm³/mol. The number of thiophene rings is 1. The first-order valence-electron chi connectivity index (χ1n) is 5.57. The second kappa shape index (κ2) is 6.63. The molecular formula is C12H12BrN3O2S. The highest BCUT2D eigenvalue weighted by Crippen LogP contribution is 2.22. The van der Waals surface area contributed by atoms with Gasteiger partial charge in [-0.3, -0.25) is 4.98 Å². The minimum Gasteiger partial charge on any atom is -0.464 e. The summed E-state index contributed by atoms with van der Waals surface area (Å²) in [7, 11) is 1.32. The largest absolute Gasteiger partial charge is 0.464 e. The molecule has 19 heavy (non-hydrogen) atoms. The van der Waals surface area contributed by atoms with E-state index < -0.39 is 5.97 Å². The second-order valence-electron chi connectivity index (χ2n) is 3.66. The van der Waals surface area contributed by atoms with Crippen molar-refractivity contribution in [1.29, 1.82) is 0 Å². The summed E-state index contributed by atoms with van der Waals surface area (Å²) in [4.78, 5) is 20.7. The molecule has 0 saturated carbocycles. The molecular weight excluding hydrogens is 330 g/mol. The van der Waals surface area contributed by atoms with E-state index in [4.69, 9.17) is 0 Å². The molecule has 1 N–H and O–H groups in total. The molecule has 0 bridgehead atoms. The topological polar surface area (TPSA) is 64.1 Å². The van der Waals surface area contributed by atoms with Gasteiger partial charge in [-0.1, -0.05) is 0 Å². The number of esters is 1. The normalized spacial score (nSPS) is 10.2. The van der Waals surface area contributed by atoms with Crippen LogP contribution >= 0.6 is 27.3 Å². The smallest absolute Gasteiger partial charge is 0.358 e. The molecule has 0 unspecified atom stereocenters. The first kappa shape index (κ1) is 14.0. The summed E-state index contributed by atoms with van der Waals surface area (Å²) in [5.41, 5.74) is 0.200. The Kier molecular flexibility index (Phi) is 4.86. The van der Waals surface area contributed by atoms with Crippen molar-refractivity contribution in [3.05, 3.63) is 38.9 Å². The van der Waals surface area contributed by atoms with Crippen LogP contribution in [0.25, 0.3) is 0 Å². The Hall–Kier alpha value is -1.47. The summed E-state index contributed by atoms with van der Waals surface area (Å²) in [6.45, 7) is 0.728. The number of aromatic nitrogens is 2.